The SMILES string of the molecule is CON(C)S(=O)(=O)c1cccc(C(=O)NC2c3ccccc3Oc3ccccc32)c1. The molecule has 0 saturated heterocycles. The molecule has 1 aliphatic heterocycles. The van der Waals surface area contributed by atoms with Gasteiger partial charge in [0.2, 0.25) is 0 Å². The Balaban J connectivity index is 1.68. The van der Waals surface area contributed by atoms with Crippen LogP contribution in [0.25, 0.3) is 0 Å². The summed E-state index contributed by atoms with van der Waals surface area (Å²) in [4.78, 5) is 17.8. The van der Waals surface area contributed by atoms with E-state index in [0.717, 1.165) is 15.6 Å². The van der Waals surface area contributed by atoms with Crippen LogP contribution in [-0.2, 0) is 14.9 Å². The maximum absolute atomic E-state index is 13.1. The molecule has 0 bridgehead atoms. The maximum atomic E-state index is 13.1. The maximum Gasteiger partial charge on any atom is 0.264 e. The average molecular weight is 424 g/mol. The molecule has 1 amide bonds. The fourth-order valence-corrected chi connectivity index (χ4v) is 4.34. The van der Waals surface area contributed by atoms with E-state index >= 15 is 0 Å². The zero-order chi connectivity index (χ0) is 21.3. The molecule has 0 radical (unpaired) electrons. The number of para-hydroxylation sites is 2. The third-order valence-corrected chi connectivity index (χ3v) is 6.62. The molecule has 0 fully saturated rings. The first-order chi connectivity index (χ1) is 14.4. The third-order valence-electron chi connectivity index (χ3n) is 4.95. The molecular formula is C22H20N2O5S. The Kier molecular flexibility index (Phi) is 5.29. The monoisotopic (exact) mass is 424 g/mol. The molecule has 1 heterocycles. The van der Waals surface area contributed by atoms with Gasteiger partial charge >= 0.3 is 0 Å². The van der Waals surface area contributed by atoms with Crippen molar-refractivity contribution in [2.45, 2.75) is 10.9 Å². The van der Waals surface area contributed by atoms with Crippen molar-refractivity contribution in [3.05, 3.63) is 89.5 Å². The second-order valence-corrected chi connectivity index (χ2v) is 8.65. The quantitative estimate of drug-likeness (QED) is 0.634. The lowest BCUT2D eigenvalue weighted by atomic mass is 9.94. The minimum Gasteiger partial charge on any atom is -0.457 e. The Hall–Kier alpha value is -3.20. The molecule has 1 aliphatic rings. The lowest BCUT2D eigenvalue weighted by Crippen LogP contribution is -2.31. The number of nitrogens with one attached hydrogen (secondary N) is 1. The number of carbonyl (C=O) groups is 1. The van der Waals surface area contributed by atoms with Crippen LogP contribution in [0.5, 0.6) is 11.5 Å². The zero-order valence-corrected chi connectivity index (χ0v) is 17.2. The van der Waals surface area contributed by atoms with Gasteiger partial charge in [0.05, 0.1) is 18.0 Å². The van der Waals surface area contributed by atoms with E-state index in [-0.39, 0.29) is 10.5 Å². The first-order valence-electron chi connectivity index (χ1n) is 9.21. The average Bonchev–Trinajstić information content (AvgIpc) is 2.78. The van der Waals surface area contributed by atoms with Crippen LogP contribution in [0.2, 0.25) is 0 Å². The summed E-state index contributed by atoms with van der Waals surface area (Å²) < 4.78 is 31.7. The molecular weight excluding hydrogens is 404 g/mol. The number of sulfonamides is 1. The molecule has 3 aromatic carbocycles. The number of ether oxygens (including phenoxy) is 1. The van der Waals surface area contributed by atoms with Crippen LogP contribution in [0.3, 0.4) is 0 Å². The second kappa shape index (κ2) is 7.91. The van der Waals surface area contributed by atoms with Gasteiger partial charge in [-0.3, -0.25) is 9.63 Å². The molecule has 3 aromatic rings. The van der Waals surface area contributed by atoms with Crippen molar-refractivity contribution < 1.29 is 22.8 Å². The highest BCUT2D eigenvalue weighted by atomic mass is 32.2. The van der Waals surface area contributed by atoms with E-state index in [0.29, 0.717) is 11.5 Å². The Labute approximate surface area is 174 Å². The van der Waals surface area contributed by atoms with Gasteiger partial charge in [0.1, 0.15) is 11.5 Å². The highest BCUT2D eigenvalue weighted by Crippen LogP contribution is 2.42. The van der Waals surface area contributed by atoms with E-state index in [4.69, 9.17) is 9.57 Å². The van der Waals surface area contributed by atoms with Gasteiger partial charge in [0, 0.05) is 23.7 Å². The molecule has 0 aliphatic carbocycles. The predicted molar refractivity (Wildman–Crippen MR) is 111 cm³/mol. The second-order valence-electron chi connectivity index (χ2n) is 6.71. The summed E-state index contributed by atoms with van der Waals surface area (Å²) in [6, 6.07) is 20.4. The highest BCUT2D eigenvalue weighted by molar-refractivity contribution is 7.89. The van der Waals surface area contributed by atoms with Crippen molar-refractivity contribution in [2.75, 3.05) is 14.2 Å². The van der Waals surface area contributed by atoms with Crippen LogP contribution >= 0.6 is 0 Å². The van der Waals surface area contributed by atoms with Crippen LogP contribution < -0.4 is 10.1 Å². The van der Waals surface area contributed by atoms with Gasteiger partial charge in [-0.2, -0.15) is 0 Å². The minimum absolute atomic E-state index is 0.0349. The fraction of sp³-hybridized carbons (Fsp3) is 0.136. The van der Waals surface area contributed by atoms with Gasteiger partial charge < -0.3 is 10.1 Å². The number of hydrogen-bond donors (Lipinski definition) is 1. The van der Waals surface area contributed by atoms with E-state index in [9.17, 15) is 13.2 Å². The van der Waals surface area contributed by atoms with E-state index in [1.165, 1.54) is 32.4 Å². The van der Waals surface area contributed by atoms with Crippen molar-refractivity contribution in [1.82, 2.24) is 9.79 Å². The van der Waals surface area contributed by atoms with Crippen LogP contribution in [-0.4, -0.2) is 33.0 Å². The van der Waals surface area contributed by atoms with Crippen molar-refractivity contribution in [2.24, 2.45) is 0 Å². The normalized spacial score (nSPS) is 13.3. The molecule has 154 valence electrons. The fourth-order valence-electron chi connectivity index (χ4n) is 3.32. The number of benzene rings is 3. The molecule has 4 rings (SSSR count). The van der Waals surface area contributed by atoms with Gasteiger partial charge in [-0.1, -0.05) is 46.9 Å². The molecule has 1 N–H and O–H groups in total. The summed E-state index contributed by atoms with van der Waals surface area (Å²) in [7, 11) is -1.32. The smallest absolute Gasteiger partial charge is 0.264 e. The van der Waals surface area contributed by atoms with Crippen LogP contribution in [0.15, 0.2) is 77.7 Å². The molecule has 0 atom stereocenters. The van der Waals surface area contributed by atoms with E-state index in [2.05, 4.69) is 5.32 Å². The number of fused-ring (bicyclic) bond motifs is 2. The summed E-state index contributed by atoms with van der Waals surface area (Å²) in [5.74, 6) is 0.933. The number of hydrogen-bond acceptors (Lipinski definition) is 5. The molecule has 0 aromatic heterocycles. The Morgan fingerprint density at radius 1 is 0.967 bits per heavy atom. The number of rotatable bonds is 5. The lowest BCUT2D eigenvalue weighted by molar-refractivity contribution is -0.0258. The topological polar surface area (TPSA) is 84.9 Å². The van der Waals surface area contributed by atoms with Gasteiger partial charge in [-0.25, -0.2) is 8.42 Å². The third kappa shape index (κ3) is 3.56. The van der Waals surface area contributed by atoms with Gasteiger partial charge in [0.15, 0.2) is 0 Å². The largest absolute Gasteiger partial charge is 0.457 e. The Bertz CT molecular complexity index is 1160. The minimum atomic E-state index is -3.86. The molecule has 30 heavy (non-hydrogen) atoms. The van der Waals surface area contributed by atoms with Crippen molar-refractivity contribution in [3.63, 3.8) is 0 Å². The first-order valence-corrected chi connectivity index (χ1v) is 10.7. The number of nitrogens with zero attached hydrogens (tertiary/aromatic N) is 1. The van der Waals surface area contributed by atoms with Crippen molar-refractivity contribution in [1.29, 1.82) is 0 Å². The first kappa shape index (κ1) is 20.1. The van der Waals surface area contributed by atoms with E-state index < -0.39 is 22.0 Å². The molecule has 7 nitrogen and oxygen atoms in total. The molecule has 0 unspecified atom stereocenters. The molecule has 0 saturated carbocycles. The summed E-state index contributed by atoms with van der Waals surface area (Å²) in [6.45, 7) is 0. The van der Waals surface area contributed by atoms with Crippen LogP contribution in [0.4, 0.5) is 0 Å². The van der Waals surface area contributed by atoms with Crippen molar-refractivity contribution in [3.8, 4) is 11.5 Å². The number of hydroxylamine groups is 1. The molecule has 8 heteroatoms. The van der Waals surface area contributed by atoms with Crippen LogP contribution in [0.1, 0.15) is 27.5 Å². The Morgan fingerprint density at radius 2 is 1.57 bits per heavy atom. The summed E-state index contributed by atoms with van der Waals surface area (Å²) in [6.07, 6.45) is 0. The standard InChI is InChI=1S/C22H20N2O5S/c1-24(28-2)30(26,27)16-9-7-8-15(14-16)22(25)23-21-17-10-3-5-12-19(17)29-20-13-6-4-11-18(20)21/h3-14,21H,1-2H3,(H,23,25). The van der Waals surface area contributed by atoms with E-state index in [1.807, 2.05) is 48.5 Å². The molecule has 0 spiro atoms. The van der Waals surface area contributed by atoms with Gasteiger partial charge in [0.25, 0.3) is 15.9 Å². The number of amides is 1. The van der Waals surface area contributed by atoms with E-state index in [1.54, 1.807) is 6.07 Å². The van der Waals surface area contributed by atoms with Gasteiger partial charge in [-0.05, 0) is 30.3 Å². The highest BCUT2D eigenvalue weighted by Gasteiger charge is 2.29. The Morgan fingerprint density at radius 3 is 2.17 bits per heavy atom. The summed E-state index contributed by atoms with van der Waals surface area (Å²) in [5.41, 5.74) is 1.88. The van der Waals surface area contributed by atoms with Crippen molar-refractivity contribution >= 4 is 15.9 Å². The zero-order valence-electron chi connectivity index (χ0n) is 16.4. The summed E-state index contributed by atoms with van der Waals surface area (Å²) >= 11 is 0. The number of carbonyl (C=O) groups excluding carboxylic acids is 1. The predicted octanol–water partition coefficient (Wildman–Crippen LogP) is 3.49. The lowest BCUT2D eigenvalue weighted by Gasteiger charge is -2.28. The van der Waals surface area contributed by atoms with Crippen LogP contribution in [0, 0.1) is 0 Å². The van der Waals surface area contributed by atoms with Gasteiger partial charge in [-0.15, -0.1) is 0 Å². The summed E-state index contributed by atoms with van der Waals surface area (Å²) in [5, 5.41) is 3.01.